The van der Waals surface area contributed by atoms with Gasteiger partial charge in [-0.2, -0.15) is 0 Å². The van der Waals surface area contributed by atoms with Gasteiger partial charge in [0.25, 0.3) is 0 Å². The van der Waals surface area contributed by atoms with Gasteiger partial charge in [0.1, 0.15) is 0 Å². The molecule has 3 aliphatic rings. The summed E-state index contributed by atoms with van der Waals surface area (Å²) in [6, 6.07) is 55.9. The van der Waals surface area contributed by atoms with E-state index in [1.54, 1.807) is 0 Å². The lowest BCUT2D eigenvalue weighted by atomic mass is 9.58. The van der Waals surface area contributed by atoms with Crippen molar-refractivity contribution in [3.05, 3.63) is 179 Å². The topological polar surface area (TPSA) is 20.2 Å². The fourth-order valence-corrected chi connectivity index (χ4v) is 14.0. The zero-order valence-electron chi connectivity index (χ0n) is 43.1. The highest BCUT2D eigenvalue weighted by Crippen LogP contribution is 2.54. The smallest absolute Gasteiger partial charge is 0.197 e. The molecule has 1 aliphatic heterocycles. The summed E-state index contributed by atoms with van der Waals surface area (Å²) >= 11 is 1.94. The molecule has 2 aromatic heterocycles. The molecule has 8 aromatic carbocycles. The van der Waals surface area contributed by atoms with Crippen molar-refractivity contribution in [3.8, 4) is 16.8 Å². The minimum atomic E-state index is 0.0375. The predicted molar refractivity (Wildman–Crippen MR) is 309 cm³/mol. The average Bonchev–Trinajstić information content (AvgIpc) is 3.88. The molecule has 1 N–H and O–H groups in total. The van der Waals surface area contributed by atoms with Crippen LogP contribution in [0.15, 0.2) is 146 Å². The fourth-order valence-electron chi connectivity index (χ4n) is 12.8. The van der Waals surface area contributed by atoms with Crippen LogP contribution in [0.4, 0.5) is 28.4 Å². The molecule has 5 heteroatoms. The van der Waals surface area contributed by atoms with Crippen LogP contribution < -0.4 is 21.1 Å². The van der Waals surface area contributed by atoms with Crippen molar-refractivity contribution in [2.75, 3.05) is 10.2 Å². The van der Waals surface area contributed by atoms with Gasteiger partial charge in [-0.1, -0.05) is 133 Å². The molecule has 0 spiro atoms. The van der Waals surface area contributed by atoms with E-state index in [2.05, 4.69) is 237 Å². The number of anilines is 5. The first kappa shape index (κ1) is 44.4. The van der Waals surface area contributed by atoms with Crippen LogP contribution in [0.2, 0.25) is 0 Å². The molecule has 3 nitrogen and oxygen atoms in total. The highest BCUT2D eigenvalue weighted by atomic mass is 32.1. The standard InChI is InChI=1S/C66H63BN3S/c1-39-21-24-41(25-22-39)68-54-38-59-45(46-33-49-52(37-58(46)71-59)66(9,10)30-28-63(49,3)4)32-44(54)47-35-57(69(42-17-13-11-14-18-42)43-19-15-12-16-20-43)60-48-34-50-51(65(7,8)29-27-64(50,5)6)36-56(48)70-55-26-23-40(2)31-53(55)67-61(47)62(60)70/h11-26,31-38,68H,27-30H2,1-10H3. The summed E-state index contributed by atoms with van der Waals surface area (Å²) in [5, 5.41) is 9.30. The summed E-state index contributed by atoms with van der Waals surface area (Å²) in [6.07, 6.45) is 4.70. The van der Waals surface area contributed by atoms with Crippen molar-refractivity contribution in [2.24, 2.45) is 0 Å². The number of thiophene rings is 1. The van der Waals surface area contributed by atoms with Gasteiger partial charge < -0.3 is 14.8 Å². The van der Waals surface area contributed by atoms with Crippen molar-refractivity contribution >= 4 is 100.0 Å². The van der Waals surface area contributed by atoms with Gasteiger partial charge in [0.2, 0.25) is 0 Å². The van der Waals surface area contributed by atoms with E-state index < -0.39 is 0 Å². The summed E-state index contributed by atoms with van der Waals surface area (Å²) in [6.45, 7) is 24.0. The Morgan fingerprint density at radius 2 is 1.06 bits per heavy atom. The lowest BCUT2D eigenvalue weighted by Gasteiger charge is -2.42. The zero-order valence-corrected chi connectivity index (χ0v) is 43.9. The number of fused-ring (bicyclic) bond motifs is 10. The first-order chi connectivity index (χ1) is 34.0. The van der Waals surface area contributed by atoms with Crippen LogP contribution in [0.3, 0.4) is 0 Å². The molecular formula is C66H63BN3S. The molecule has 71 heavy (non-hydrogen) atoms. The average molecular weight is 941 g/mol. The third kappa shape index (κ3) is 6.89. The molecule has 2 aliphatic carbocycles. The van der Waals surface area contributed by atoms with E-state index in [-0.39, 0.29) is 21.7 Å². The number of hydrogen-bond donors (Lipinski definition) is 1. The third-order valence-electron chi connectivity index (χ3n) is 17.2. The number of hydrogen-bond acceptors (Lipinski definition) is 3. The van der Waals surface area contributed by atoms with Crippen molar-refractivity contribution in [1.82, 2.24) is 4.57 Å². The Balaban J connectivity index is 1.21. The maximum Gasteiger partial charge on any atom is 0.197 e. The van der Waals surface area contributed by atoms with Gasteiger partial charge in [0, 0.05) is 64.9 Å². The lowest BCUT2D eigenvalue weighted by Crippen LogP contribution is -2.37. The van der Waals surface area contributed by atoms with Gasteiger partial charge in [-0.25, -0.2) is 0 Å². The summed E-state index contributed by atoms with van der Waals surface area (Å²) in [5.41, 5.74) is 23.1. The minimum absolute atomic E-state index is 0.0375. The van der Waals surface area contributed by atoms with E-state index in [0.717, 1.165) is 35.6 Å². The van der Waals surface area contributed by atoms with Gasteiger partial charge in [-0.3, -0.25) is 0 Å². The van der Waals surface area contributed by atoms with Gasteiger partial charge in [0.05, 0.1) is 16.7 Å². The van der Waals surface area contributed by atoms with Crippen molar-refractivity contribution < 1.29 is 0 Å². The van der Waals surface area contributed by atoms with Gasteiger partial charge in [-0.05, 0) is 179 Å². The Morgan fingerprint density at radius 3 is 1.68 bits per heavy atom. The van der Waals surface area contributed by atoms with E-state index in [1.165, 1.54) is 122 Å². The Morgan fingerprint density at radius 1 is 0.521 bits per heavy atom. The molecule has 0 saturated carbocycles. The van der Waals surface area contributed by atoms with Crippen molar-refractivity contribution in [2.45, 2.75) is 117 Å². The molecule has 13 rings (SSSR count). The molecule has 1 radical (unpaired) electrons. The van der Waals surface area contributed by atoms with Crippen LogP contribution >= 0.6 is 11.3 Å². The third-order valence-corrected chi connectivity index (χ3v) is 18.3. The normalized spacial score (nSPS) is 16.9. The first-order valence-electron chi connectivity index (χ1n) is 25.9. The van der Waals surface area contributed by atoms with Crippen LogP contribution in [0.1, 0.15) is 114 Å². The molecule has 0 amide bonds. The van der Waals surface area contributed by atoms with E-state index >= 15 is 0 Å². The Bertz CT molecular complexity index is 3790. The highest BCUT2D eigenvalue weighted by Gasteiger charge is 2.40. The second-order valence-corrected chi connectivity index (χ2v) is 25.0. The summed E-state index contributed by atoms with van der Waals surface area (Å²) in [4.78, 5) is 2.52. The Kier molecular flexibility index (Phi) is 9.67. The molecule has 0 atom stereocenters. The lowest BCUT2D eigenvalue weighted by molar-refractivity contribution is 0.332. The van der Waals surface area contributed by atoms with E-state index in [4.69, 9.17) is 0 Å². The zero-order chi connectivity index (χ0) is 48.9. The predicted octanol–water partition coefficient (Wildman–Crippen LogP) is 17.3. The molecule has 0 fully saturated rings. The maximum atomic E-state index is 4.04. The van der Waals surface area contributed by atoms with Crippen LogP contribution in [0.5, 0.6) is 0 Å². The van der Waals surface area contributed by atoms with E-state index in [9.17, 15) is 0 Å². The molecule has 0 bridgehead atoms. The molecule has 3 heterocycles. The van der Waals surface area contributed by atoms with Crippen LogP contribution in [0, 0.1) is 13.8 Å². The monoisotopic (exact) mass is 940 g/mol. The summed E-state index contributed by atoms with van der Waals surface area (Å²) < 4.78 is 5.32. The summed E-state index contributed by atoms with van der Waals surface area (Å²) in [7, 11) is 2.51. The Hall–Kier alpha value is -6.56. The first-order valence-corrected chi connectivity index (χ1v) is 26.7. The number of benzene rings is 8. The highest BCUT2D eigenvalue weighted by molar-refractivity contribution is 7.25. The second kappa shape index (κ2) is 15.5. The molecule has 0 unspecified atom stereocenters. The van der Waals surface area contributed by atoms with Crippen LogP contribution in [-0.2, 0) is 21.7 Å². The number of rotatable bonds is 6. The van der Waals surface area contributed by atoms with Crippen LogP contribution in [0.25, 0.3) is 58.8 Å². The molecular weight excluding hydrogens is 878 g/mol. The van der Waals surface area contributed by atoms with E-state index in [1.807, 2.05) is 11.3 Å². The van der Waals surface area contributed by atoms with E-state index in [0.29, 0.717) is 0 Å². The number of para-hydroxylation sites is 2. The molecule has 10 aromatic rings. The fraction of sp³-hybridized carbons (Fsp3) is 0.273. The quantitative estimate of drug-likeness (QED) is 0.168. The van der Waals surface area contributed by atoms with Crippen LogP contribution in [-0.4, -0.2) is 11.8 Å². The van der Waals surface area contributed by atoms with Crippen molar-refractivity contribution in [3.63, 3.8) is 0 Å². The number of nitrogens with zero attached hydrogens (tertiary/aromatic N) is 2. The van der Waals surface area contributed by atoms with Gasteiger partial charge >= 0.3 is 0 Å². The van der Waals surface area contributed by atoms with Crippen molar-refractivity contribution in [1.29, 1.82) is 0 Å². The van der Waals surface area contributed by atoms with Gasteiger partial charge in [-0.15, -0.1) is 11.3 Å². The number of aromatic nitrogens is 1. The minimum Gasteiger partial charge on any atom is -0.355 e. The number of nitrogens with one attached hydrogen (secondary N) is 1. The Labute approximate surface area is 424 Å². The largest absolute Gasteiger partial charge is 0.355 e. The SMILES string of the molecule is Cc1ccc(Nc2cc3sc4cc5c(cc4c3cc2-c2cc(N(c3ccccc3)c3ccccc3)c3c4cc6c(cc4n4c3c2[B]c2cc(C)ccc2-4)C(C)(C)CCC6(C)C)C(C)(C)CCC5(C)C)cc1. The van der Waals surface area contributed by atoms with Gasteiger partial charge in [0.15, 0.2) is 7.28 Å². The maximum absolute atomic E-state index is 4.04. The number of aryl methyl sites for hydroxylation is 2. The second-order valence-electron chi connectivity index (χ2n) is 24.0. The summed E-state index contributed by atoms with van der Waals surface area (Å²) in [5.74, 6) is 0. The molecule has 0 saturated heterocycles. The molecule has 351 valence electrons.